The summed E-state index contributed by atoms with van der Waals surface area (Å²) < 4.78 is 0. The summed E-state index contributed by atoms with van der Waals surface area (Å²) in [4.78, 5) is 11.3. The number of benzene rings is 4. The standard InChI is InChI=1S/C25H15NO2/c27-26(28)16-13-14-20-19-9-3-6-12-23(19)25(24(20)15-16)21-10-4-1-7-17(21)18-8-2-5-11-22(18)25/h1-15H. The lowest BCUT2D eigenvalue weighted by molar-refractivity contribution is -0.384. The van der Waals surface area contributed by atoms with Gasteiger partial charge in [0, 0.05) is 12.1 Å². The van der Waals surface area contributed by atoms with Crippen molar-refractivity contribution in [3.63, 3.8) is 0 Å². The van der Waals surface area contributed by atoms with Crippen molar-refractivity contribution in [2.75, 3.05) is 0 Å². The zero-order valence-electron chi connectivity index (χ0n) is 14.9. The van der Waals surface area contributed by atoms with E-state index in [9.17, 15) is 10.1 Å². The molecule has 0 aliphatic heterocycles. The Morgan fingerprint density at radius 1 is 0.571 bits per heavy atom. The van der Waals surface area contributed by atoms with Crippen molar-refractivity contribution in [2.45, 2.75) is 5.41 Å². The average Bonchev–Trinajstić information content (AvgIpc) is 3.21. The van der Waals surface area contributed by atoms with Crippen LogP contribution in [0.15, 0.2) is 91.0 Å². The van der Waals surface area contributed by atoms with Gasteiger partial charge < -0.3 is 0 Å². The first kappa shape index (κ1) is 15.3. The number of hydrogen-bond donors (Lipinski definition) is 0. The van der Waals surface area contributed by atoms with Gasteiger partial charge in [-0.25, -0.2) is 0 Å². The lowest BCUT2D eigenvalue weighted by atomic mass is 9.70. The highest BCUT2D eigenvalue weighted by atomic mass is 16.6. The fourth-order valence-electron chi connectivity index (χ4n) is 5.20. The quantitative estimate of drug-likeness (QED) is 0.269. The molecule has 2 aliphatic carbocycles. The number of non-ortho nitro benzene ring substituents is 1. The van der Waals surface area contributed by atoms with E-state index in [1.807, 2.05) is 12.1 Å². The van der Waals surface area contributed by atoms with E-state index in [2.05, 4.69) is 66.7 Å². The smallest absolute Gasteiger partial charge is 0.258 e. The molecule has 0 radical (unpaired) electrons. The molecular formula is C25H15NO2. The normalized spacial score (nSPS) is 14.3. The van der Waals surface area contributed by atoms with Gasteiger partial charge in [-0.3, -0.25) is 10.1 Å². The summed E-state index contributed by atoms with van der Waals surface area (Å²) in [6, 6.07) is 30.6. The van der Waals surface area contributed by atoms with Crippen LogP contribution >= 0.6 is 0 Å². The Balaban J connectivity index is 1.85. The average molecular weight is 361 g/mol. The molecule has 0 fully saturated rings. The maximum Gasteiger partial charge on any atom is 0.269 e. The third-order valence-corrected chi connectivity index (χ3v) is 6.19. The molecule has 0 N–H and O–H groups in total. The SMILES string of the molecule is O=[N+]([O-])c1ccc2c(c1)C1(c3ccccc3-c3ccccc31)c1ccccc1-2. The Hall–Kier alpha value is -3.72. The third-order valence-electron chi connectivity index (χ3n) is 6.19. The van der Waals surface area contributed by atoms with Crippen LogP contribution in [0.5, 0.6) is 0 Å². The van der Waals surface area contributed by atoms with E-state index < -0.39 is 5.41 Å². The molecule has 0 heterocycles. The zero-order valence-corrected chi connectivity index (χ0v) is 14.9. The van der Waals surface area contributed by atoms with Crippen molar-refractivity contribution in [1.82, 2.24) is 0 Å². The molecule has 132 valence electrons. The van der Waals surface area contributed by atoms with Crippen LogP contribution in [-0.2, 0) is 5.41 Å². The number of nitro groups is 1. The minimum atomic E-state index is -0.509. The molecule has 0 aromatic heterocycles. The molecule has 0 saturated heterocycles. The highest BCUT2D eigenvalue weighted by Gasteiger charge is 2.51. The van der Waals surface area contributed by atoms with E-state index in [1.165, 1.54) is 27.8 Å². The predicted molar refractivity (Wildman–Crippen MR) is 109 cm³/mol. The van der Waals surface area contributed by atoms with Crippen molar-refractivity contribution in [2.24, 2.45) is 0 Å². The van der Waals surface area contributed by atoms with E-state index in [4.69, 9.17) is 0 Å². The number of nitro benzene ring substituents is 1. The Morgan fingerprint density at radius 3 is 1.46 bits per heavy atom. The van der Waals surface area contributed by atoms with Gasteiger partial charge in [-0.1, -0.05) is 72.8 Å². The van der Waals surface area contributed by atoms with E-state index in [-0.39, 0.29) is 10.6 Å². The van der Waals surface area contributed by atoms with Gasteiger partial charge in [0.05, 0.1) is 10.3 Å². The molecular weight excluding hydrogens is 346 g/mol. The van der Waals surface area contributed by atoms with Gasteiger partial charge in [-0.05, 0) is 50.6 Å². The topological polar surface area (TPSA) is 43.1 Å². The highest BCUT2D eigenvalue weighted by molar-refractivity contribution is 5.95. The van der Waals surface area contributed by atoms with Crippen LogP contribution in [0.2, 0.25) is 0 Å². The van der Waals surface area contributed by atoms with E-state index >= 15 is 0 Å². The minimum Gasteiger partial charge on any atom is -0.258 e. The van der Waals surface area contributed by atoms with Crippen LogP contribution in [0.25, 0.3) is 22.3 Å². The molecule has 0 saturated carbocycles. The van der Waals surface area contributed by atoms with Crippen molar-refractivity contribution >= 4 is 5.69 Å². The second kappa shape index (κ2) is 5.17. The first-order valence-corrected chi connectivity index (χ1v) is 9.31. The van der Waals surface area contributed by atoms with Crippen molar-refractivity contribution in [3.05, 3.63) is 123 Å². The highest BCUT2D eigenvalue weighted by Crippen LogP contribution is 2.62. The largest absolute Gasteiger partial charge is 0.269 e. The summed E-state index contributed by atoms with van der Waals surface area (Å²) >= 11 is 0. The lowest BCUT2D eigenvalue weighted by Gasteiger charge is -2.30. The van der Waals surface area contributed by atoms with Crippen LogP contribution in [0, 0.1) is 10.1 Å². The maximum atomic E-state index is 11.6. The van der Waals surface area contributed by atoms with Crippen molar-refractivity contribution in [1.29, 1.82) is 0 Å². The Bertz CT molecular complexity index is 1240. The van der Waals surface area contributed by atoms with Crippen LogP contribution in [-0.4, -0.2) is 4.92 Å². The van der Waals surface area contributed by atoms with Crippen LogP contribution in [0.1, 0.15) is 22.3 Å². The monoisotopic (exact) mass is 361 g/mol. The number of nitrogens with zero attached hydrogens (tertiary/aromatic N) is 1. The summed E-state index contributed by atoms with van der Waals surface area (Å²) in [6.45, 7) is 0. The van der Waals surface area contributed by atoms with E-state index in [0.717, 1.165) is 16.7 Å². The first-order valence-electron chi connectivity index (χ1n) is 9.31. The molecule has 28 heavy (non-hydrogen) atoms. The summed E-state index contributed by atoms with van der Waals surface area (Å²) in [6.07, 6.45) is 0. The van der Waals surface area contributed by atoms with Crippen molar-refractivity contribution in [3.8, 4) is 22.3 Å². The summed E-state index contributed by atoms with van der Waals surface area (Å²) in [5.74, 6) is 0. The second-order valence-corrected chi connectivity index (χ2v) is 7.37. The van der Waals surface area contributed by atoms with Crippen LogP contribution in [0.3, 0.4) is 0 Å². The van der Waals surface area contributed by atoms with E-state index in [0.29, 0.717) is 0 Å². The first-order chi connectivity index (χ1) is 13.7. The van der Waals surface area contributed by atoms with Gasteiger partial charge in [-0.15, -0.1) is 0 Å². The van der Waals surface area contributed by atoms with Gasteiger partial charge in [0.1, 0.15) is 0 Å². The van der Waals surface area contributed by atoms with E-state index in [1.54, 1.807) is 12.1 Å². The van der Waals surface area contributed by atoms with Crippen LogP contribution in [0.4, 0.5) is 5.69 Å². The van der Waals surface area contributed by atoms with Crippen molar-refractivity contribution < 1.29 is 4.92 Å². The summed E-state index contributed by atoms with van der Waals surface area (Å²) in [7, 11) is 0. The Morgan fingerprint density at radius 2 is 1.00 bits per heavy atom. The number of rotatable bonds is 1. The lowest BCUT2D eigenvalue weighted by Crippen LogP contribution is -2.25. The fourth-order valence-corrected chi connectivity index (χ4v) is 5.20. The summed E-state index contributed by atoms with van der Waals surface area (Å²) in [5.41, 5.74) is 8.85. The van der Waals surface area contributed by atoms with Crippen LogP contribution < -0.4 is 0 Å². The molecule has 1 spiro atoms. The van der Waals surface area contributed by atoms with Gasteiger partial charge in [0.15, 0.2) is 0 Å². The summed E-state index contributed by atoms with van der Waals surface area (Å²) in [5, 5.41) is 11.6. The van der Waals surface area contributed by atoms with Gasteiger partial charge in [-0.2, -0.15) is 0 Å². The molecule has 3 heteroatoms. The Kier molecular flexibility index (Phi) is 2.83. The molecule has 0 unspecified atom stereocenters. The molecule has 0 bridgehead atoms. The number of fused-ring (bicyclic) bond motifs is 10. The van der Waals surface area contributed by atoms with Gasteiger partial charge in [0.25, 0.3) is 5.69 Å². The Labute approximate surface area is 162 Å². The van der Waals surface area contributed by atoms with Gasteiger partial charge in [0.2, 0.25) is 0 Å². The predicted octanol–water partition coefficient (Wildman–Crippen LogP) is 5.94. The zero-order chi connectivity index (χ0) is 18.9. The molecule has 4 aromatic rings. The molecule has 3 nitrogen and oxygen atoms in total. The molecule has 4 aromatic carbocycles. The molecule has 2 aliphatic rings. The molecule has 0 atom stereocenters. The third kappa shape index (κ3) is 1.65. The molecule has 6 rings (SSSR count). The maximum absolute atomic E-state index is 11.6. The minimum absolute atomic E-state index is 0.132. The van der Waals surface area contributed by atoms with Gasteiger partial charge >= 0.3 is 0 Å². The fraction of sp³-hybridized carbons (Fsp3) is 0.0400. The second-order valence-electron chi connectivity index (χ2n) is 7.37. The molecule has 0 amide bonds. The number of hydrogen-bond acceptors (Lipinski definition) is 2.